The van der Waals surface area contributed by atoms with E-state index in [1.54, 1.807) is 12.1 Å². The lowest BCUT2D eigenvalue weighted by atomic mass is 10.2. The maximum atomic E-state index is 12.1. The summed E-state index contributed by atoms with van der Waals surface area (Å²) in [6.45, 7) is 1.98. The Bertz CT molecular complexity index is 740. The molecule has 0 unspecified atom stereocenters. The number of carbonyl (C=O) groups is 2. The van der Waals surface area contributed by atoms with E-state index in [0.29, 0.717) is 18.7 Å². The van der Waals surface area contributed by atoms with Crippen LogP contribution in [-0.4, -0.2) is 44.7 Å². The molecule has 1 saturated carbocycles. The lowest BCUT2D eigenvalue weighted by Gasteiger charge is -2.17. The molecule has 1 aromatic rings. The Kier molecular flexibility index (Phi) is 4.49. The molecule has 24 heavy (non-hydrogen) atoms. The average Bonchev–Trinajstić information content (AvgIpc) is 3.28. The summed E-state index contributed by atoms with van der Waals surface area (Å²) in [5.74, 6) is -0.764. The van der Waals surface area contributed by atoms with Gasteiger partial charge in [0.15, 0.2) is 6.10 Å². The smallest absolute Gasteiger partial charge is 0.338 e. The Morgan fingerprint density at radius 2 is 1.92 bits per heavy atom. The van der Waals surface area contributed by atoms with Gasteiger partial charge in [-0.05, 0) is 50.5 Å². The second-order valence-electron chi connectivity index (χ2n) is 6.12. The van der Waals surface area contributed by atoms with Crippen LogP contribution in [0.4, 0.5) is 5.69 Å². The molecular formula is C16H20N2O5S. The molecule has 1 aliphatic heterocycles. The first-order chi connectivity index (χ1) is 11.4. The van der Waals surface area contributed by atoms with Gasteiger partial charge in [0.2, 0.25) is 10.0 Å². The summed E-state index contributed by atoms with van der Waals surface area (Å²) in [6.07, 6.45) is 1.66. The molecule has 130 valence electrons. The highest BCUT2D eigenvalue weighted by molar-refractivity contribution is 7.93. The van der Waals surface area contributed by atoms with Crippen molar-refractivity contribution >= 4 is 27.6 Å². The normalized spacial score (nSPS) is 20.5. The third-order valence-electron chi connectivity index (χ3n) is 4.07. The molecule has 1 amide bonds. The first kappa shape index (κ1) is 16.8. The van der Waals surface area contributed by atoms with E-state index in [1.165, 1.54) is 23.4 Å². The number of esters is 1. The van der Waals surface area contributed by atoms with E-state index in [9.17, 15) is 18.0 Å². The number of carbonyl (C=O) groups excluding carboxylic acids is 2. The zero-order valence-corrected chi connectivity index (χ0v) is 14.2. The number of ether oxygens (including phenoxy) is 1. The maximum Gasteiger partial charge on any atom is 0.338 e. The number of sulfonamides is 1. The highest BCUT2D eigenvalue weighted by atomic mass is 32.2. The number of anilines is 1. The molecule has 0 spiro atoms. The van der Waals surface area contributed by atoms with Gasteiger partial charge in [-0.3, -0.25) is 9.10 Å². The van der Waals surface area contributed by atoms with Crippen molar-refractivity contribution in [2.24, 2.45) is 0 Å². The first-order valence-corrected chi connectivity index (χ1v) is 9.59. The van der Waals surface area contributed by atoms with Crippen molar-refractivity contribution in [2.75, 3.05) is 16.6 Å². The van der Waals surface area contributed by atoms with Crippen LogP contribution >= 0.6 is 0 Å². The summed E-state index contributed by atoms with van der Waals surface area (Å²) in [6, 6.07) is 6.39. The maximum absolute atomic E-state index is 12.1. The minimum Gasteiger partial charge on any atom is -0.449 e. The van der Waals surface area contributed by atoms with E-state index in [0.717, 1.165) is 12.8 Å². The largest absolute Gasteiger partial charge is 0.449 e. The van der Waals surface area contributed by atoms with Crippen molar-refractivity contribution in [1.82, 2.24) is 5.32 Å². The van der Waals surface area contributed by atoms with E-state index in [4.69, 9.17) is 4.74 Å². The molecule has 1 atom stereocenters. The molecule has 1 heterocycles. The average molecular weight is 352 g/mol. The summed E-state index contributed by atoms with van der Waals surface area (Å²) in [5.41, 5.74) is 0.810. The van der Waals surface area contributed by atoms with Crippen LogP contribution in [0.25, 0.3) is 0 Å². The van der Waals surface area contributed by atoms with Crippen molar-refractivity contribution in [3.05, 3.63) is 29.8 Å². The zero-order chi connectivity index (χ0) is 17.3. The molecule has 8 heteroatoms. The van der Waals surface area contributed by atoms with Gasteiger partial charge in [0, 0.05) is 12.6 Å². The van der Waals surface area contributed by atoms with Gasteiger partial charge in [-0.1, -0.05) is 0 Å². The van der Waals surface area contributed by atoms with Crippen LogP contribution in [-0.2, 0) is 19.6 Å². The number of amides is 1. The first-order valence-electron chi connectivity index (χ1n) is 7.99. The fourth-order valence-electron chi connectivity index (χ4n) is 2.52. The third kappa shape index (κ3) is 3.69. The number of nitrogens with zero attached hydrogens (tertiary/aromatic N) is 1. The molecule has 1 aliphatic carbocycles. The molecule has 7 nitrogen and oxygen atoms in total. The lowest BCUT2D eigenvalue weighted by Crippen LogP contribution is -2.37. The molecule has 0 bridgehead atoms. The van der Waals surface area contributed by atoms with Crippen molar-refractivity contribution < 1.29 is 22.7 Å². The monoisotopic (exact) mass is 352 g/mol. The topological polar surface area (TPSA) is 92.8 Å². The van der Waals surface area contributed by atoms with E-state index < -0.39 is 22.1 Å². The van der Waals surface area contributed by atoms with Gasteiger partial charge >= 0.3 is 5.97 Å². The number of nitrogens with one attached hydrogen (secondary N) is 1. The zero-order valence-electron chi connectivity index (χ0n) is 13.4. The number of benzene rings is 1. The lowest BCUT2D eigenvalue weighted by molar-refractivity contribution is -0.129. The SMILES string of the molecule is C[C@@H](OC(=O)c1ccc(N2CCCS2(=O)=O)cc1)C(=O)NC1CC1. The Morgan fingerprint density at radius 1 is 1.25 bits per heavy atom. The van der Waals surface area contributed by atoms with Crippen LogP contribution in [0.2, 0.25) is 0 Å². The van der Waals surface area contributed by atoms with Crippen molar-refractivity contribution in [3.8, 4) is 0 Å². The standard InChI is InChI=1S/C16H20N2O5S/c1-11(15(19)17-13-5-6-13)23-16(20)12-3-7-14(8-4-12)18-9-2-10-24(18,21)22/h3-4,7-8,11,13H,2,5-6,9-10H2,1H3,(H,17,19)/t11-/m1/s1. The van der Waals surface area contributed by atoms with Crippen molar-refractivity contribution in [1.29, 1.82) is 0 Å². The summed E-state index contributed by atoms with van der Waals surface area (Å²) in [7, 11) is -3.24. The molecule has 2 fully saturated rings. The van der Waals surface area contributed by atoms with Crippen LogP contribution in [0.1, 0.15) is 36.5 Å². The summed E-state index contributed by atoms with van der Waals surface area (Å²) < 4.78 is 30.3. The fourth-order valence-corrected chi connectivity index (χ4v) is 4.09. The molecule has 0 aromatic heterocycles. The van der Waals surface area contributed by atoms with E-state index in [2.05, 4.69) is 5.32 Å². The van der Waals surface area contributed by atoms with Crippen LogP contribution in [0.15, 0.2) is 24.3 Å². The Hall–Kier alpha value is -2.09. The van der Waals surface area contributed by atoms with Crippen LogP contribution in [0, 0.1) is 0 Å². The van der Waals surface area contributed by atoms with Crippen LogP contribution < -0.4 is 9.62 Å². The van der Waals surface area contributed by atoms with Crippen molar-refractivity contribution in [2.45, 2.75) is 38.3 Å². The molecule has 2 aliphatic rings. The molecule has 0 radical (unpaired) electrons. The highest BCUT2D eigenvalue weighted by Gasteiger charge is 2.29. The van der Waals surface area contributed by atoms with Gasteiger partial charge in [0.05, 0.1) is 17.0 Å². The van der Waals surface area contributed by atoms with Crippen LogP contribution in [0.5, 0.6) is 0 Å². The molecular weight excluding hydrogens is 332 g/mol. The highest BCUT2D eigenvalue weighted by Crippen LogP contribution is 2.24. The predicted molar refractivity (Wildman–Crippen MR) is 88.2 cm³/mol. The molecule has 3 rings (SSSR count). The van der Waals surface area contributed by atoms with E-state index in [1.807, 2.05) is 0 Å². The molecule has 1 saturated heterocycles. The molecule has 1 N–H and O–H groups in total. The summed E-state index contributed by atoms with van der Waals surface area (Å²) in [5, 5.41) is 2.78. The second-order valence-corrected chi connectivity index (χ2v) is 8.13. The summed E-state index contributed by atoms with van der Waals surface area (Å²) in [4.78, 5) is 23.9. The Balaban J connectivity index is 1.62. The second kappa shape index (κ2) is 6.43. The van der Waals surface area contributed by atoms with E-state index in [-0.39, 0.29) is 23.3 Å². The minimum atomic E-state index is -3.24. The number of hydrogen-bond donors (Lipinski definition) is 1. The van der Waals surface area contributed by atoms with Gasteiger partial charge < -0.3 is 10.1 Å². The van der Waals surface area contributed by atoms with Gasteiger partial charge in [-0.2, -0.15) is 0 Å². The Labute approximate surface area is 141 Å². The quantitative estimate of drug-likeness (QED) is 0.800. The third-order valence-corrected chi connectivity index (χ3v) is 5.94. The minimum absolute atomic E-state index is 0.143. The van der Waals surface area contributed by atoms with Gasteiger partial charge in [-0.15, -0.1) is 0 Å². The van der Waals surface area contributed by atoms with Gasteiger partial charge in [0.1, 0.15) is 0 Å². The summed E-state index contributed by atoms with van der Waals surface area (Å²) >= 11 is 0. The number of hydrogen-bond acceptors (Lipinski definition) is 5. The van der Waals surface area contributed by atoms with Gasteiger partial charge in [-0.25, -0.2) is 13.2 Å². The Morgan fingerprint density at radius 3 is 2.46 bits per heavy atom. The number of rotatable bonds is 5. The van der Waals surface area contributed by atoms with Crippen LogP contribution in [0.3, 0.4) is 0 Å². The van der Waals surface area contributed by atoms with Gasteiger partial charge in [0.25, 0.3) is 5.91 Å². The predicted octanol–water partition coefficient (Wildman–Crippen LogP) is 1.05. The van der Waals surface area contributed by atoms with Crippen molar-refractivity contribution in [3.63, 3.8) is 0 Å². The van der Waals surface area contributed by atoms with E-state index >= 15 is 0 Å². The molecule has 1 aromatic carbocycles. The fraction of sp³-hybridized carbons (Fsp3) is 0.500.